The van der Waals surface area contributed by atoms with Crippen molar-refractivity contribution in [2.24, 2.45) is 5.92 Å². The molecule has 0 aromatic rings. The maximum atomic E-state index is 11.1. The van der Waals surface area contributed by atoms with Gasteiger partial charge in [0.05, 0.1) is 0 Å². The fraction of sp³-hybridized carbons (Fsp3) is 1.00. The van der Waals surface area contributed by atoms with Crippen LogP contribution in [0.15, 0.2) is 0 Å². The molecule has 0 saturated carbocycles. The van der Waals surface area contributed by atoms with Crippen LogP contribution in [0.25, 0.3) is 0 Å². The van der Waals surface area contributed by atoms with Crippen LogP contribution in [0, 0.1) is 26.1 Å². The van der Waals surface area contributed by atoms with Crippen LogP contribution in [0.1, 0.15) is 66.7 Å². The number of rotatable bonds is 9. The molecule has 0 saturated heterocycles. The van der Waals surface area contributed by atoms with E-state index in [1.807, 2.05) is 13.8 Å². The summed E-state index contributed by atoms with van der Waals surface area (Å²) in [6.45, 7) is 8.85. The summed E-state index contributed by atoms with van der Waals surface area (Å²) in [4.78, 5) is 21.6. The minimum atomic E-state index is -0.920. The predicted octanol–water partition coefficient (Wildman–Crippen LogP) is 3.68. The zero-order valence-electron chi connectivity index (χ0n) is 12.6. The number of nitrogens with zero attached hydrogens (tertiary/aromatic N) is 2. The quantitative estimate of drug-likeness (QED) is 0.474. The molecule has 0 aliphatic heterocycles. The first-order chi connectivity index (χ1) is 8.61. The smallest absolute Gasteiger partial charge is 0.219 e. The summed E-state index contributed by atoms with van der Waals surface area (Å²) >= 11 is 0. The van der Waals surface area contributed by atoms with Crippen LogP contribution in [0.3, 0.4) is 0 Å². The Bertz CT molecular complexity index is 335. The lowest BCUT2D eigenvalue weighted by Crippen LogP contribution is -2.37. The monoisotopic (exact) mass is 274 g/mol. The van der Waals surface area contributed by atoms with E-state index in [0.29, 0.717) is 32.1 Å². The molecule has 0 rings (SSSR count). The van der Waals surface area contributed by atoms with Gasteiger partial charge in [-0.15, -0.1) is 0 Å². The fourth-order valence-electron chi connectivity index (χ4n) is 2.16. The Morgan fingerprint density at radius 1 is 1.00 bits per heavy atom. The van der Waals surface area contributed by atoms with Crippen LogP contribution in [0.5, 0.6) is 0 Å². The number of nitro groups is 2. The first-order valence-electron chi connectivity index (χ1n) is 6.90. The molecule has 0 aromatic carbocycles. The average molecular weight is 274 g/mol. The van der Waals surface area contributed by atoms with E-state index in [-0.39, 0.29) is 15.8 Å². The number of hydrogen-bond acceptors (Lipinski definition) is 4. The van der Waals surface area contributed by atoms with E-state index >= 15 is 0 Å². The van der Waals surface area contributed by atoms with Gasteiger partial charge in [0.25, 0.3) is 0 Å². The molecule has 0 radical (unpaired) electrons. The van der Waals surface area contributed by atoms with Gasteiger partial charge in [0, 0.05) is 49.4 Å². The maximum absolute atomic E-state index is 11.1. The zero-order valence-corrected chi connectivity index (χ0v) is 12.6. The highest BCUT2D eigenvalue weighted by Crippen LogP contribution is 2.29. The second-order valence-electron chi connectivity index (χ2n) is 6.06. The maximum Gasteiger partial charge on any atom is 0.219 e. The SMILES string of the molecule is CCC(C)(CCC(C)CC(C)(CC)[N+](=O)[O-])[N+](=O)[O-]. The van der Waals surface area contributed by atoms with Gasteiger partial charge in [-0.25, -0.2) is 0 Å². The molecule has 0 aliphatic carbocycles. The van der Waals surface area contributed by atoms with Gasteiger partial charge in [0.2, 0.25) is 11.1 Å². The lowest BCUT2D eigenvalue weighted by Gasteiger charge is -2.25. The lowest BCUT2D eigenvalue weighted by molar-refractivity contribution is -0.571. The van der Waals surface area contributed by atoms with E-state index in [1.54, 1.807) is 20.8 Å². The van der Waals surface area contributed by atoms with E-state index in [0.717, 1.165) is 0 Å². The molecular weight excluding hydrogens is 248 g/mol. The molecule has 6 heteroatoms. The third-order valence-corrected chi connectivity index (χ3v) is 4.37. The Labute approximate surface area is 114 Å². The molecule has 0 aliphatic rings. The average Bonchev–Trinajstić information content (AvgIpc) is 2.35. The van der Waals surface area contributed by atoms with Gasteiger partial charge in [-0.05, 0) is 12.3 Å². The van der Waals surface area contributed by atoms with Crippen LogP contribution in [0.4, 0.5) is 0 Å². The van der Waals surface area contributed by atoms with Crippen molar-refractivity contribution in [1.82, 2.24) is 0 Å². The van der Waals surface area contributed by atoms with Crippen molar-refractivity contribution in [2.45, 2.75) is 77.8 Å². The molecule has 0 N–H and O–H groups in total. The van der Waals surface area contributed by atoms with Gasteiger partial charge >= 0.3 is 0 Å². The first-order valence-corrected chi connectivity index (χ1v) is 6.90. The van der Waals surface area contributed by atoms with Crippen molar-refractivity contribution in [1.29, 1.82) is 0 Å². The lowest BCUT2D eigenvalue weighted by atomic mass is 9.83. The molecule has 0 bridgehead atoms. The first kappa shape index (κ1) is 17.8. The van der Waals surface area contributed by atoms with Crippen LogP contribution >= 0.6 is 0 Å². The molecular formula is C13H26N2O4. The Balaban J connectivity index is 4.52. The van der Waals surface area contributed by atoms with Crippen molar-refractivity contribution < 1.29 is 9.85 Å². The third kappa shape index (κ3) is 4.76. The Morgan fingerprint density at radius 2 is 1.42 bits per heavy atom. The second kappa shape index (κ2) is 6.82. The number of hydrogen-bond donors (Lipinski definition) is 0. The molecule has 112 valence electrons. The Kier molecular flexibility index (Phi) is 6.39. The van der Waals surface area contributed by atoms with Crippen molar-refractivity contribution in [3.05, 3.63) is 20.2 Å². The van der Waals surface area contributed by atoms with Gasteiger partial charge < -0.3 is 0 Å². The molecule has 0 heterocycles. The second-order valence-corrected chi connectivity index (χ2v) is 6.06. The van der Waals surface area contributed by atoms with E-state index < -0.39 is 11.1 Å². The van der Waals surface area contributed by atoms with Crippen molar-refractivity contribution in [2.75, 3.05) is 0 Å². The highest BCUT2D eigenvalue weighted by atomic mass is 16.6. The standard InChI is InChI=1S/C13H26N2O4/c1-6-12(4,14(16)17)9-8-11(3)10-13(5,7-2)15(18)19/h11H,6-10H2,1-5H3. The summed E-state index contributed by atoms with van der Waals surface area (Å²) < 4.78 is 0. The molecule has 0 amide bonds. The normalized spacial score (nSPS) is 19.2. The van der Waals surface area contributed by atoms with Crippen molar-refractivity contribution in [3.8, 4) is 0 Å². The highest BCUT2D eigenvalue weighted by Gasteiger charge is 2.39. The van der Waals surface area contributed by atoms with Gasteiger partial charge in [-0.1, -0.05) is 20.8 Å². The largest absolute Gasteiger partial charge is 0.264 e. The molecule has 6 nitrogen and oxygen atoms in total. The van der Waals surface area contributed by atoms with Gasteiger partial charge in [-0.3, -0.25) is 20.2 Å². The summed E-state index contributed by atoms with van der Waals surface area (Å²) in [5.41, 5.74) is -1.83. The van der Waals surface area contributed by atoms with Crippen molar-refractivity contribution in [3.63, 3.8) is 0 Å². The molecule has 3 unspecified atom stereocenters. The third-order valence-electron chi connectivity index (χ3n) is 4.37. The van der Waals surface area contributed by atoms with E-state index in [2.05, 4.69) is 0 Å². The van der Waals surface area contributed by atoms with Gasteiger partial charge in [-0.2, -0.15) is 0 Å². The van der Waals surface area contributed by atoms with E-state index in [9.17, 15) is 20.2 Å². The molecule has 0 aromatic heterocycles. The molecule has 0 fully saturated rings. The molecule has 0 spiro atoms. The Morgan fingerprint density at radius 3 is 1.74 bits per heavy atom. The zero-order chi connectivity index (χ0) is 15.3. The minimum absolute atomic E-state index is 0.112. The summed E-state index contributed by atoms with van der Waals surface area (Å²) in [6.07, 6.45) is 2.54. The Hall–Kier alpha value is -1.20. The van der Waals surface area contributed by atoms with Crippen molar-refractivity contribution >= 4 is 0 Å². The van der Waals surface area contributed by atoms with Crippen LogP contribution in [0.2, 0.25) is 0 Å². The van der Waals surface area contributed by atoms with Crippen LogP contribution in [-0.4, -0.2) is 20.9 Å². The molecule has 3 atom stereocenters. The van der Waals surface area contributed by atoms with Gasteiger partial charge in [0.1, 0.15) is 0 Å². The summed E-state index contributed by atoms with van der Waals surface area (Å²) in [5, 5.41) is 22.1. The summed E-state index contributed by atoms with van der Waals surface area (Å²) in [5.74, 6) is 0.112. The highest BCUT2D eigenvalue weighted by molar-refractivity contribution is 4.78. The van der Waals surface area contributed by atoms with Crippen LogP contribution in [-0.2, 0) is 0 Å². The van der Waals surface area contributed by atoms with E-state index in [1.165, 1.54) is 0 Å². The minimum Gasteiger partial charge on any atom is -0.264 e. The molecule has 19 heavy (non-hydrogen) atoms. The van der Waals surface area contributed by atoms with Gasteiger partial charge in [0.15, 0.2) is 0 Å². The fourth-order valence-corrected chi connectivity index (χ4v) is 2.16. The predicted molar refractivity (Wildman–Crippen MR) is 74.4 cm³/mol. The topological polar surface area (TPSA) is 86.3 Å². The summed E-state index contributed by atoms with van der Waals surface area (Å²) in [7, 11) is 0. The summed E-state index contributed by atoms with van der Waals surface area (Å²) in [6, 6.07) is 0. The van der Waals surface area contributed by atoms with E-state index in [4.69, 9.17) is 0 Å². The van der Waals surface area contributed by atoms with Crippen LogP contribution < -0.4 is 0 Å².